The molecule has 0 aromatic heterocycles. The van der Waals surface area contributed by atoms with E-state index in [2.05, 4.69) is 10.6 Å². The Morgan fingerprint density at radius 2 is 1.81 bits per heavy atom. The molecule has 0 spiro atoms. The van der Waals surface area contributed by atoms with Gasteiger partial charge in [-0.3, -0.25) is 0 Å². The van der Waals surface area contributed by atoms with E-state index in [1.165, 1.54) is 33.5 Å². The summed E-state index contributed by atoms with van der Waals surface area (Å²) in [4.78, 5) is 26.6. The van der Waals surface area contributed by atoms with E-state index in [1.54, 1.807) is 14.1 Å². The van der Waals surface area contributed by atoms with Gasteiger partial charge in [0.25, 0.3) is 0 Å². The van der Waals surface area contributed by atoms with Crippen molar-refractivity contribution in [3.05, 3.63) is 60.2 Å². The standard InChI is InChI=1S/C33H49N5O8S/c1-33(2,16-8-17-35-31(40)37(3)4)22-38(47(42,43)25-13-11-24(34)12-14-25)20-28(39)27(19-23-9-6-5-7-10-23)36-32(41)46-29-21-45-30-26(29)15-18-44-30/h5-7,9-14,26-30,39H,8,15-22,34H2,1-4H3,(H,35,40)(H,36,41)/t26-,27-,28+,29-,30+/m0/s1. The van der Waals surface area contributed by atoms with Crippen molar-refractivity contribution >= 4 is 27.8 Å². The highest BCUT2D eigenvalue weighted by atomic mass is 32.2. The summed E-state index contributed by atoms with van der Waals surface area (Å²) in [5.41, 5.74) is 6.57. The van der Waals surface area contributed by atoms with Crippen LogP contribution in [0.1, 0.15) is 38.7 Å². The Hall–Kier alpha value is -3.43. The molecular formula is C33H49N5O8S. The first-order chi connectivity index (χ1) is 22.2. The molecule has 2 aliphatic heterocycles. The number of fused-ring (bicyclic) bond motifs is 1. The van der Waals surface area contributed by atoms with Gasteiger partial charge in [-0.25, -0.2) is 18.0 Å². The van der Waals surface area contributed by atoms with Crippen molar-refractivity contribution in [2.24, 2.45) is 11.3 Å². The minimum Gasteiger partial charge on any atom is -0.443 e. The Labute approximate surface area is 277 Å². The third-order valence-electron chi connectivity index (χ3n) is 8.54. The molecule has 260 valence electrons. The molecule has 2 aromatic carbocycles. The maximum absolute atomic E-state index is 14.1. The summed E-state index contributed by atoms with van der Waals surface area (Å²) < 4.78 is 46.2. The summed E-state index contributed by atoms with van der Waals surface area (Å²) in [7, 11) is -0.778. The molecule has 0 unspecified atom stereocenters. The molecule has 2 aromatic rings. The van der Waals surface area contributed by atoms with Crippen molar-refractivity contribution in [2.75, 3.05) is 52.7 Å². The molecule has 14 heteroatoms. The number of aliphatic hydroxyl groups is 1. The van der Waals surface area contributed by atoms with Crippen molar-refractivity contribution in [1.29, 1.82) is 0 Å². The molecule has 0 aliphatic carbocycles. The number of benzene rings is 2. The molecule has 47 heavy (non-hydrogen) atoms. The van der Waals surface area contributed by atoms with Gasteiger partial charge in [-0.1, -0.05) is 44.2 Å². The number of nitrogens with one attached hydrogen (secondary N) is 2. The van der Waals surface area contributed by atoms with Crippen molar-refractivity contribution < 1.29 is 37.3 Å². The topological polar surface area (TPSA) is 173 Å². The third kappa shape index (κ3) is 10.3. The second-order valence-electron chi connectivity index (χ2n) is 13.2. The first-order valence-electron chi connectivity index (χ1n) is 16.0. The van der Waals surface area contributed by atoms with Crippen LogP contribution >= 0.6 is 0 Å². The lowest BCUT2D eigenvalue weighted by Crippen LogP contribution is -2.52. The predicted octanol–water partition coefficient (Wildman–Crippen LogP) is 2.80. The zero-order valence-corrected chi connectivity index (χ0v) is 28.4. The fourth-order valence-electron chi connectivity index (χ4n) is 5.87. The number of carbonyl (C=O) groups excluding carboxylic acids is 2. The maximum Gasteiger partial charge on any atom is 0.407 e. The Kier molecular flexibility index (Phi) is 12.5. The van der Waals surface area contributed by atoms with E-state index >= 15 is 0 Å². The number of carbonyl (C=O) groups is 2. The Bertz CT molecular complexity index is 1420. The predicted molar refractivity (Wildman–Crippen MR) is 177 cm³/mol. The van der Waals surface area contributed by atoms with Gasteiger partial charge in [-0.15, -0.1) is 0 Å². The zero-order valence-electron chi connectivity index (χ0n) is 27.6. The summed E-state index contributed by atoms with van der Waals surface area (Å²) in [6.45, 7) is 4.85. The molecule has 2 saturated heterocycles. The van der Waals surface area contributed by atoms with Crippen LogP contribution in [0.4, 0.5) is 15.3 Å². The second kappa shape index (κ2) is 16.1. The third-order valence-corrected chi connectivity index (χ3v) is 10.4. The number of ether oxygens (including phenoxy) is 3. The van der Waals surface area contributed by atoms with Crippen molar-refractivity contribution in [1.82, 2.24) is 19.8 Å². The average molecular weight is 676 g/mol. The number of amides is 3. The normalized spacial score (nSPS) is 20.8. The van der Waals surface area contributed by atoms with Crippen molar-refractivity contribution in [3.8, 4) is 0 Å². The summed E-state index contributed by atoms with van der Waals surface area (Å²) in [6.07, 6.45) is -0.735. The number of rotatable bonds is 15. The van der Waals surface area contributed by atoms with E-state index in [1.807, 2.05) is 44.2 Å². The van der Waals surface area contributed by atoms with E-state index in [-0.39, 0.29) is 43.0 Å². The van der Waals surface area contributed by atoms with Crippen LogP contribution in [0, 0.1) is 11.3 Å². The van der Waals surface area contributed by atoms with Crippen LogP contribution in [0.2, 0.25) is 0 Å². The van der Waals surface area contributed by atoms with Gasteiger partial charge in [0.15, 0.2) is 6.29 Å². The average Bonchev–Trinajstić information content (AvgIpc) is 3.64. The van der Waals surface area contributed by atoms with E-state index in [0.717, 1.165) is 5.56 Å². The molecule has 0 saturated carbocycles. The van der Waals surface area contributed by atoms with E-state index in [0.29, 0.717) is 38.1 Å². The summed E-state index contributed by atoms with van der Waals surface area (Å²) >= 11 is 0. The van der Waals surface area contributed by atoms with Crippen LogP contribution in [0.3, 0.4) is 0 Å². The Balaban J connectivity index is 1.52. The van der Waals surface area contributed by atoms with Gasteiger partial charge < -0.3 is 40.6 Å². The van der Waals surface area contributed by atoms with Crippen LogP contribution in [0.5, 0.6) is 0 Å². The fraction of sp³-hybridized carbons (Fsp3) is 0.576. The van der Waals surface area contributed by atoms with Crippen molar-refractivity contribution in [3.63, 3.8) is 0 Å². The highest BCUT2D eigenvalue weighted by Gasteiger charge is 2.44. The number of anilines is 1. The number of sulfonamides is 1. The van der Waals surface area contributed by atoms with E-state index in [9.17, 15) is 23.1 Å². The number of hydrogen-bond donors (Lipinski definition) is 4. The van der Waals surface area contributed by atoms with Gasteiger partial charge >= 0.3 is 12.1 Å². The smallest absolute Gasteiger partial charge is 0.407 e. The van der Waals surface area contributed by atoms with Crippen LogP contribution in [-0.2, 0) is 30.7 Å². The molecular weight excluding hydrogens is 626 g/mol. The number of nitrogen functional groups attached to an aromatic ring is 1. The van der Waals surface area contributed by atoms with Gasteiger partial charge in [-0.2, -0.15) is 4.31 Å². The zero-order chi connectivity index (χ0) is 34.2. The van der Waals surface area contributed by atoms with E-state index < -0.39 is 46.1 Å². The van der Waals surface area contributed by atoms with E-state index in [4.69, 9.17) is 19.9 Å². The van der Waals surface area contributed by atoms with Crippen LogP contribution in [0.25, 0.3) is 0 Å². The second-order valence-corrected chi connectivity index (χ2v) is 15.2. The van der Waals surface area contributed by atoms with Crippen LogP contribution < -0.4 is 16.4 Å². The first-order valence-corrected chi connectivity index (χ1v) is 17.4. The molecule has 0 bridgehead atoms. The minimum atomic E-state index is -4.10. The Morgan fingerprint density at radius 3 is 2.49 bits per heavy atom. The molecule has 5 atom stereocenters. The highest BCUT2D eigenvalue weighted by molar-refractivity contribution is 7.89. The quantitative estimate of drug-likeness (QED) is 0.164. The lowest BCUT2D eigenvalue weighted by molar-refractivity contribution is -0.0907. The molecule has 4 rings (SSSR count). The van der Waals surface area contributed by atoms with Crippen LogP contribution in [0.15, 0.2) is 59.5 Å². The first kappa shape index (κ1) is 36.4. The molecule has 0 radical (unpaired) electrons. The summed E-state index contributed by atoms with van der Waals surface area (Å²) in [5, 5.41) is 17.3. The van der Waals surface area contributed by atoms with Gasteiger partial charge in [0.05, 0.1) is 36.2 Å². The minimum absolute atomic E-state index is 0.0366. The SMILES string of the molecule is CN(C)C(=O)NCCCC(C)(C)CN(C[C@@H](O)[C@H](Cc1ccccc1)NC(=O)O[C@H]1CO[C@H]2OCC[C@H]21)S(=O)(=O)c1ccc(N)cc1. The van der Waals surface area contributed by atoms with Crippen LogP contribution in [-0.4, -0.2) is 106 Å². The van der Waals surface area contributed by atoms with Gasteiger partial charge in [0.1, 0.15) is 6.10 Å². The Morgan fingerprint density at radius 1 is 1.11 bits per heavy atom. The molecule has 5 N–H and O–H groups in total. The van der Waals surface area contributed by atoms with Gasteiger partial charge in [0, 0.05) is 39.4 Å². The molecule has 3 amide bonds. The fourth-order valence-corrected chi connectivity index (χ4v) is 7.52. The number of nitrogens with zero attached hydrogens (tertiary/aromatic N) is 2. The van der Waals surface area contributed by atoms with Gasteiger partial charge in [0.2, 0.25) is 10.0 Å². The highest BCUT2D eigenvalue weighted by Crippen LogP contribution is 2.33. The molecule has 2 fully saturated rings. The molecule has 13 nitrogen and oxygen atoms in total. The summed E-state index contributed by atoms with van der Waals surface area (Å²) in [6, 6.07) is 14.2. The summed E-state index contributed by atoms with van der Waals surface area (Å²) in [5.74, 6) is -0.0581. The number of nitrogens with two attached hydrogens (primary N) is 1. The monoisotopic (exact) mass is 675 g/mol. The lowest BCUT2D eigenvalue weighted by atomic mass is 9.87. The largest absolute Gasteiger partial charge is 0.443 e. The number of urea groups is 1. The molecule has 2 aliphatic rings. The van der Waals surface area contributed by atoms with Gasteiger partial charge in [-0.05, 0) is 60.9 Å². The maximum atomic E-state index is 14.1. The molecule has 2 heterocycles. The number of alkyl carbamates (subject to hydrolysis) is 1. The number of aliphatic hydroxyl groups excluding tert-OH is 1. The number of hydrogen-bond acceptors (Lipinski definition) is 9. The lowest BCUT2D eigenvalue weighted by Gasteiger charge is -2.35. The van der Waals surface area contributed by atoms with Crippen molar-refractivity contribution in [2.45, 2.75) is 69.0 Å².